The smallest absolute Gasteiger partial charge is 0.103 e. The molecular weight excluding hydrogens is 1670 g/mol. The maximum atomic E-state index is 10.3. The summed E-state index contributed by atoms with van der Waals surface area (Å²) in [6, 6.07) is 29.6. The number of morpholine rings is 6. The van der Waals surface area contributed by atoms with Crippen molar-refractivity contribution < 1.29 is 63.8 Å². The van der Waals surface area contributed by atoms with Crippen LogP contribution in [0.3, 0.4) is 0 Å². The number of aromatic nitrogens is 7. The first kappa shape index (κ1) is 109. The van der Waals surface area contributed by atoms with Gasteiger partial charge in [0.15, 0.2) is 0 Å². The molecule has 7 aromatic heterocycles. The Labute approximate surface area is 791 Å². The molecule has 7 saturated heterocycles. The van der Waals surface area contributed by atoms with Crippen LogP contribution in [0.1, 0.15) is 237 Å². The second-order valence-electron chi connectivity index (χ2n) is 39.5. The second-order valence-corrected chi connectivity index (χ2v) is 39.5. The van der Waals surface area contributed by atoms with Crippen LogP contribution >= 0.6 is 0 Å². The normalized spacial score (nSPS) is 20.3. The van der Waals surface area contributed by atoms with Gasteiger partial charge in [-0.2, -0.15) is 0 Å². The highest BCUT2D eigenvalue weighted by Crippen LogP contribution is 2.33. The largest absolute Gasteiger partial charge is 0.394 e. The molecule has 7 atom stereocenters. The lowest BCUT2D eigenvalue weighted by Gasteiger charge is -2.40. The van der Waals surface area contributed by atoms with Crippen LogP contribution in [0.5, 0.6) is 0 Å². The van der Waals surface area contributed by atoms with Gasteiger partial charge in [0.2, 0.25) is 0 Å². The van der Waals surface area contributed by atoms with Crippen LogP contribution in [-0.2, 0) is 46.2 Å². The van der Waals surface area contributed by atoms with Crippen molar-refractivity contribution in [1.29, 1.82) is 0 Å². The highest BCUT2D eigenvalue weighted by molar-refractivity contribution is 5.55. The Balaban J connectivity index is 0.000000190. The molecule has 736 valence electrons. The zero-order valence-corrected chi connectivity index (χ0v) is 84.4. The first-order valence-corrected chi connectivity index (χ1v) is 48.3. The van der Waals surface area contributed by atoms with E-state index in [1.165, 1.54) is 11.4 Å². The fraction of sp³-hybridized carbons (Fsp3) is 0.660. The zero-order chi connectivity index (χ0) is 96.5. The van der Waals surface area contributed by atoms with Gasteiger partial charge >= 0.3 is 0 Å². The van der Waals surface area contributed by atoms with Gasteiger partial charge in [0.05, 0.1) is 183 Å². The number of ether oxygens (including phenoxy) is 7. The predicted octanol–water partition coefficient (Wildman–Crippen LogP) is 13.3. The zero-order valence-electron chi connectivity index (χ0n) is 84.4. The molecule has 0 radical (unpaired) electrons. The monoisotopic (exact) mass is 1840 g/mol. The molecular formula is C103H166N16O13. The van der Waals surface area contributed by atoms with E-state index in [0.717, 1.165) is 184 Å². The topological polar surface area (TPSA) is 305 Å². The number of hydrogen-bond acceptors (Lipinski definition) is 29. The molecule has 0 amide bonds. The van der Waals surface area contributed by atoms with Crippen molar-refractivity contribution >= 4 is 39.8 Å². The van der Waals surface area contributed by atoms with Crippen molar-refractivity contribution in [2.24, 2.45) is 0 Å². The third-order valence-corrected chi connectivity index (χ3v) is 24.5. The van der Waals surface area contributed by atoms with E-state index < -0.39 is 17.3 Å². The van der Waals surface area contributed by atoms with Crippen molar-refractivity contribution in [2.75, 3.05) is 221 Å². The van der Waals surface area contributed by atoms with E-state index in [0.29, 0.717) is 100 Å². The average Bonchev–Trinajstić information content (AvgIpc) is 0.806. The summed E-state index contributed by atoms with van der Waals surface area (Å²) in [4.78, 5) is 52.3. The number of piperidine rings is 1. The number of hydrogen-bond donors (Lipinski definition) is 6. The minimum absolute atomic E-state index is 0.0754. The van der Waals surface area contributed by atoms with Gasteiger partial charge in [0.25, 0.3) is 0 Å². The summed E-state index contributed by atoms with van der Waals surface area (Å²) in [6.45, 7) is 56.4. The predicted molar refractivity (Wildman–Crippen MR) is 533 cm³/mol. The van der Waals surface area contributed by atoms with E-state index in [1.807, 2.05) is 58.7 Å². The Morgan fingerprint density at radius 3 is 0.864 bits per heavy atom. The summed E-state index contributed by atoms with van der Waals surface area (Å²) in [5.41, 5.74) is 16.3. The Bertz CT molecular complexity index is 4090. The number of methoxy groups -OCH3 is 1. The average molecular weight is 1840 g/mol. The van der Waals surface area contributed by atoms with E-state index in [2.05, 4.69) is 279 Å². The van der Waals surface area contributed by atoms with Crippen LogP contribution in [0, 0.1) is 0 Å². The van der Waals surface area contributed by atoms with Crippen molar-refractivity contribution in [3.8, 4) is 0 Å². The van der Waals surface area contributed by atoms with Crippen LogP contribution in [0.25, 0.3) is 0 Å². The standard InChI is InChI=1S/2C18H31N3O2.C14H22N2O2.C14H22N2O.3C13H20N2O2/c2*1-13(2)14-7-8-16(15(19-14)11-20(5)6)21-9-10-23-17(12-21)18(3,4)22;1-10(2)13-5-4-12(8-15-13)16-6-7-18-14(9-16)11(3)17;1-11(2)14-5-4-12(10-15-14)16-8-6-13(17-3)7-9-16;3*1-10(2)13-4-3-11(7-14-13)15-5-6-17-12(8-15)9-16/h2*7-8,13,17,22H,9-12H2,1-6H3;4-5,8,10-11,14,17H,6-7,9H2,1-3H3;4-5,10-11,13H,6-9H2,1-3H3;3*3-4,7,10,12,16H,5-6,8-9H2,1-2H3/t17-;;;;2*12-;/m1...10./s1. The summed E-state index contributed by atoms with van der Waals surface area (Å²) in [5, 5.41) is 57.4. The molecule has 14 rings (SSSR count). The summed E-state index contributed by atoms with van der Waals surface area (Å²) in [5.74, 6) is 3.16. The first-order chi connectivity index (χ1) is 62.7. The van der Waals surface area contributed by atoms with E-state index in [1.54, 1.807) is 14.0 Å². The Morgan fingerprint density at radius 2 is 0.614 bits per heavy atom. The molecule has 14 heterocycles. The van der Waals surface area contributed by atoms with E-state index in [4.69, 9.17) is 58.4 Å². The summed E-state index contributed by atoms with van der Waals surface area (Å²) < 4.78 is 38.7. The lowest BCUT2D eigenvalue weighted by atomic mass is 9.99. The van der Waals surface area contributed by atoms with Crippen LogP contribution in [0.2, 0.25) is 0 Å². The molecule has 7 aliphatic heterocycles. The van der Waals surface area contributed by atoms with Crippen LogP contribution in [-0.4, -0.2) is 322 Å². The summed E-state index contributed by atoms with van der Waals surface area (Å²) >= 11 is 0. The third-order valence-electron chi connectivity index (χ3n) is 24.5. The summed E-state index contributed by atoms with van der Waals surface area (Å²) in [7, 11) is 10.1. The highest BCUT2D eigenvalue weighted by Gasteiger charge is 2.36. The van der Waals surface area contributed by atoms with Crippen molar-refractivity contribution in [3.63, 3.8) is 0 Å². The van der Waals surface area contributed by atoms with Crippen LogP contribution < -0.4 is 34.3 Å². The number of anilines is 7. The molecule has 4 unspecified atom stereocenters. The van der Waals surface area contributed by atoms with Gasteiger partial charge in [-0.25, -0.2) is 0 Å². The van der Waals surface area contributed by atoms with Crippen molar-refractivity contribution in [2.45, 2.75) is 259 Å². The number of aliphatic hydroxyl groups is 6. The fourth-order valence-corrected chi connectivity index (χ4v) is 16.0. The Hall–Kier alpha value is -7.95. The molecule has 29 heteroatoms. The molecule has 0 spiro atoms. The molecule has 7 aliphatic rings. The first-order valence-electron chi connectivity index (χ1n) is 48.3. The SMILES string of the molecule is CC(C)c1ccc(N2CCOC(C(C)(C)O)C2)c(CN(C)C)n1.CC(C)c1ccc(N2CCOC(C(C)O)C2)cn1.CC(C)c1ccc(N2CCOC(CO)C2)cn1.CC(C)c1ccc(N2CCO[C@@H](C(C)(C)O)C2)c(CN(C)C)n1.CC(C)c1ccc(N2CCO[C@@H](CO)C2)cn1.CC(C)c1ccc(N2CCO[C@H](CO)C2)cn1.COC1CCN(c2ccc(C(C)C)nc2)CC1. The van der Waals surface area contributed by atoms with Crippen LogP contribution in [0.4, 0.5) is 39.8 Å². The molecule has 6 N–H and O–H groups in total. The minimum atomic E-state index is -0.842. The second kappa shape index (κ2) is 54.1. The Morgan fingerprint density at radius 1 is 0.348 bits per heavy atom. The van der Waals surface area contributed by atoms with E-state index in [9.17, 15) is 15.3 Å². The minimum Gasteiger partial charge on any atom is -0.394 e. The molecule has 0 bridgehead atoms. The van der Waals surface area contributed by atoms with Crippen molar-refractivity contribution in [3.05, 3.63) is 167 Å². The van der Waals surface area contributed by atoms with Gasteiger partial charge in [-0.05, 0) is 202 Å². The molecule has 7 aromatic rings. The highest BCUT2D eigenvalue weighted by atomic mass is 16.5. The maximum absolute atomic E-state index is 10.3. The van der Waals surface area contributed by atoms with Crippen molar-refractivity contribution in [1.82, 2.24) is 44.7 Å². The summed E-state index contributed by atoms with van der Waals surface area (Å²) in [6.07, 6.45) is 11.2. The third kappa shape index (κ3) is 35.0. The quantitative estimate of drug-likeness (QED) is 0.0310. The number of nitrogens with zero attached hydrogens (tertiary/aromatic N) is 16. The van der Waals surface area contributed by atoms with Gasteiger partial charge in [0.1, 0.15) is 18.3 Å². The molecule has 7 fully saturated rings. The molecule has 0 aliphatic carbocycles. The van der Waals surface area contributed by atoms with E-state index >= 15 is 0 Å². The van der Waals surface area contributed by atoms with Crippen LogP contribution in [0.15, 0.2) is 116 Å². The number of pyridine rings is 7. The van der Waals surface area contributed by atoms with Gasteiger partial charge < -0.3 is 108 Å². The van der Waals surface area contributed by atoms with Gasteiger partial charge in [-0.3, -0.25) is 34.9 Å². The van der Waals surface area contributed by atoms with Gasteiger partial charge in [-0.1, -0.05) is 96.9 Å². The lowest BCUT2D eigenvalue weighted by molar-refractivity contribution is -0.0928. The van der Waals surface area contributed by atoms with Gasteiger partial charge in [0, 0.05) is 152 Å². The van der Waals surface area contributed by atoms with E-state index in [-0.39, 0.29) is 56.4 Å². The molecule has 132 heavy (non-hydrogen) atoms. The maximum Gasteiger partial charge on any atom is 0.103 e. The molecule has 29 nitrogen and oxygen atoms in total. The fourth-order valence-electron chi connectivity index (χ4n) is 16.0. The molecule has 0 aromatic carbocycles. The van der Waals surface area contributed by atoms with Gasteiger partial charge in [-0.15, -0.1) is 0 Å². The number of rotatable bonds is 25. The Kier molecular flexibility index (Phi) is 44.8. The lowest BCUT2D eigenvalue weighted by Crippen LogP contribution is -2.52. The molecule has 0 saturated carbocycles. The number of aliphatic hydroxyl groups excluding tert-OH is 4.